The second kappa shape index (κ2) is 6.34. The van der Waals surface area contributed by atoms with Crippen molar-refractivity contribution in [3.05, 3.63) is 94.4 Å². The lowest BCUT2D eigenvalue weighted by molar-refractivity contribution is 0.0943. The molecule has 1 atom stereocenters. The first-order chi connectivity index (χ1) is 11.8. The molecule has 4 heteroatoms. The summed E-state index contributed by atoms with van der Waals surface area (Å²) in [6.45, 7) is 0. The molecule has 0 aliphatic rings. The van der Waals surface area contributed by atoms with Crippen LogP contribution in [0.15, 0.2) is 82.6 Å². The Morgan fingerprint density at radius 1 is 0.958 bits per heavy atom. The van der Waals surface area contributed by atoms with E-state index < -0.39 is 0 Å². The molecule has 4 aromatic rings. The van der Waals surface area contributed by atoms with Gasteiger partial charge in [-0.3, -0.25) is 4.79 Å². The molecule has 2 aromatic heterocycles. The number of hydrogen-bond acceptors (Lipinski definition) is 3. The SMILES string of the molecule is O=C(NC(c1ccccc1)c1cc2ccccc2o1)c1cccs1. The number of para-hydroxylation sites is 1. The predicted molar refractivity (Wildman–Crippen MR) is 96.3 cm³/mol. The lowest BCUT2D eigenvalue weighted by Gasteiger charge is -2.16. The average Bonchev–Trinajstić information content (AvgIpc) is 3.29. The molecule has 0 saturated heterocycles. The van der Waals surface area contributed by atoms with E-state index in [0.29, 0.717) is 4.88 Å². The zero-order valence-electron chi connectivity index (χ0n) is 12.8. The van der Waals surface area contributed by atoms with Crippen LogP contribution in [0, 0.1) is 0 Å². The highest BCUT2D eigenvalue weighted by Gasteiger charge is 2.21. The molecule has 4 rings (SSSR count). The standard InChI is InChI=1S/C20H15NO2S/c22-20(18-11-6-12-24-18)21-19(14-7-2-1-3-8-14)17-13-15-9-4-5-10-16(15)23-17/h1-13,19H,(H,21,22). The minimum Gasteiger partial charge on any atom is -0.459 e. The van der Waals surface area contributed by atoms with Gasteiger partial charge in [0.2, 0.25) is 0 Å². The van der Waals surface area contributed by atoms with Gasteiger partial charge in [0.05, 0.1) is 4.88 Å². The molecule has 0 spiro atoms. The van der Waals surface area contributed by atoms with Gasteiger partial charge >= 0.3 is 0 Å². The minimum atomic E-state index is -0.326. The number of carbonyl (C=O) groups excluding carboxylic acids is 1. The van der Waals surface area contributed by atoms with Crippen molar-refractivity contribution >= 4 is 28.2 Å². The molecule has 2 heterocycles. The van der Waals surface area contributed by atoms with E-state index in [1.807, 2.05) is 78.2 Å². The molecule has 1 N–H and O–H groups in total. The summed E-state index contributed by atoms with van der Waals surface area (Å²) in [6.07, 6.45) is 0. The number of fused-ring (bicyclic) bond motifs is 1. The maximum absolute atomic E-state index is 12.5. The van der Waals surface area contributed by atoms with E-state index in [1.54, 1.807) is 0 Å². The van der Waals surface area contributed by atoms with Crippen LogP contribution in [-0.2, 0) is 0 Å². The van der Waals surface area contributed by atoms with Gasteiger partial charge in [-0.05, 0) is 29.1 Å². The molecule has 0 aliphatic heterocycles. The molecule has 1 amide bonds. The van der Waals surface area contributed by atoms with E-state index in [0.717, 1.165) is 22.3 Å². The minimum absolute atomic E-state index is 0.0979. The van der Waals surface area contributed by atoms with Gasteiger partial charge in [-0.25, -0.2) is 0 Å². The first-order valence-electron chi connectivity index (χ1n) is 7.69. The van der Waals surface area contributed by atoms with Gasteiger partial charge < -0.3 is 9.73 Å². The van der Waals surface area contributed by atoms with E-state index in [9.17, 15) is 4.79 Å². The molecule has 0 aliphatic carbocycles. The summed E-state index contributed by atoms with van der Waals surface area (Å²) in [7, 11) is 0. The van der Waals surface area contributed by atoms with E-state index in [-0.39, 0.29) is 11.9 Å². The van der Waals surface area contributed by atoms with Crippen LogP contribution in [0.4, 0.5) is 0 Å². The molecule has 3 nitrogen and oxygen atoms in total. The first-order valence-corrected chi connectivity index (χ1v) is 8.57. The summed E-state index contributed by atoms with van der Waals surface area (Å²) in [4.78, 5) is 13.2. The largest absolute Gasteiger partial charge is 0.459 e. The second-order valence-electron chi connectivity index (χ2n) is 5.48. The first kappa shape index (κ1) is 14.7. The van der Waals surface area contributed by atoms with Gasteiger partial charge in [0.25, 0.3) is 5.91 Å². The summed E-state index contributed by atoms with van der Waals surface area (Å²) in [6, 6.07) is 23.1. The monoisotopic (exact) mass is 333 g/mol. The number of furan rings is 1. The normalized spacial score (nSPS) is 12.2. The molecule has 118 valence electrons. The average molecular weight is 333 g/mol. The number of rotatable bonds is 4. The van der Waals surface area contributed by atoms with Gasteiger partial charge in [-0.15, -0.1) is 11.3 Å². The van der Waals surface area contributed by atoms with Crippen molar-refractivity contribution in [2.75, 3.05) is 0 Å². The number of carbonyl (C=O) groups is 1. The molecule has 0 saturated carbocycles. The van der Waals surface area contributed by atoms with Crippen LogP contribution < -0.4 is 5.32 Å². The molecule has 2 aromatic carbocycles. The summed E-state index contributed by atoms with van der Waals surface area (Å²) in [5.41, 5.74) is 1.81. The van der Waals surface area contributed by atoms with E-state index in [2.05, 4.69) is 5.32 Å². The zero-order valence-corrected chi connectivity index (χ0v) is 13.6. The molecule has 0 fully saturated rings. The Labute approximate surface area is 143 Å². The van der Waals surface area contributed by atoms with Gasteiger partial charge in [0, 0.05) is 5.39 Å². The van der Waals surface area contributed by atoms with Crippen molar-refractivity contribution in [1.29, 1.82) is 0 Å². The lowest BCUT2D eigenvalue weighted by atomic mass is 10.0. The number of thiophene rings is 1. The Morgan fingerprint density at radius 2 is 1.75 bits per heavy atom. The summed E-state index contributed by atoms with van der Waals surface area (Å²) in [5.74, 6) is 0.631. The maximum Gasteiger partial charge on any atom is 0.262 e. The number of benzene rings is 2. The smallest absolute Gasteiger partial charge is 0.262 e. The van der Waals surface area contributed by atoms with Crippen molar-refractivity contribution in [2.24, 2.45) is 0 Å². The zero-order chi connectivity index (χ0) is 16.4. The van der Waals surface area contributed by atoms with E-state index in [1.165, 1.54) is 11.3 Å². The summed E-state index contributed by atoms with van der Waals surface area (Å²) in [5, 5.41) is 6.01. The van der Waals surface area contributed by atoms with Gasteiger partial charge in [0.1, 0.15) is 17.4 Å². The topological polar surface area (TPSA) is 42.2 Å². The van der Waals surface area contributed by atoms with Crippen molar-refractivity contribution in [3.63, 3.8) is 0 Å². The lowest BCUT2D eigenvalue weighted by Crippen LogP contribution is -2.28. The van der Waals surface area contributed by atoms with Crippen molar-refractivity contribution in [1.82, 2.24) is 5.32 Å². The van der Waals surface area contributed by atoms with Crippen LogP contribution >= 0.6 is 11.3 Å². The number of hydrogen-bond donors (Lipinski definition) is 1. The van der Waals surface area contributed by atoms with Crippen LogP contribution in [0.1, 0.15) is 27.0 Å². The van der Waals surface area contributed by atoms with Crippen molar-refractivity contribution < 1.29 is 9.21 Å². The molecule has 1 unspecified atom stereocenters. The molecule has 0 radical (unpaired) electrons. The summed E-state index contributed by atoms with van der Waals surface area (Å²) >= 11 is 1.43. The fraction of sp³-hybridized carbons (Fsp3) is 0.0500. The quantitative estimate of drug-likeness (QED) is 0.570. The maximum atomic E-state index is 12.5. The second-order valence-corrected chi connectivity index (χ2v) is 6.43. The van der Waals surface area contributed by atoms with Crippen LogP contribution in [0.25, 0.3) is 11.0 Å². The predicted octanol–water partition coefficient (Wildman–Crippen LogP) is 5.01. The molecule has 24 heavy (non-hydrogen) atoms. The van der Waals surface area contributed by atoms with Crippen molar-refractivity contribution in [2.45, 2.75) is 6.04 Å². The third kappa shape index (κ3) is 2.84. The van der Waals surface area contributed by atoms with Gasteiger partial charge in [-0.1, -0.05) is 54.6 Å². The Hall–Kier alpha value is -2.85. The highest BCUT2D eigenvalue weighted by molar-refractivity contribution is 7.12. The fourth-order valence-corrected chi connectivity index (χ4v) is 3.35. The Bertz CT molecular complexity index is 925. The van der Waals surface area contributed by atoms with Gasteiger partial charge in [-0.2, -0.15) is 0 Å². The van der Waals surface area contributed by atoms with Gasteiger partial charge in [0.15, 0.2) is 0 Å². The van der Waals surface area contributed by atoms with E-state index >= 15 is 0 Å². The third-order valence-corrected chi connectivity index (χ3v) is 4.75. The Morgan fingerprint density at radius 3 is 2.50 bits per heavy atom. The molecular formula is C20H15NO2S. The highest BCUT2D eigenvalue weighted by atomic mass is 32.1. The van der Waals surface area contributed by atoms with Crippen LogP contribution in [-0.4, -0.2) is 5.91 Å². The van der Waals surface area contributed by atoms with Crippen LogP contribution in [0.5, 0.6) is 0 Å². The van der Waals surface area contributed by atoms with Crippen molar-refractivity contribution in [3.8, 4) is 0 Å². The van der Waals surface area contributed by atoms with Crippen LogP contribution in [0.2, 0.25) is 0 Å². The fourth-order valence-electron chi connectivity index (χ4n) is 2.72. The summed E-state index contributed by atoms with van der Waals surface area (Å²) < 4.78 is 5.99. The Kier molecular flexibility index (Phi) is 3.89. The highest BCUT2D eigenvalue weighted by Crippen LogP contribution is 2.28. The van der Waals surface area contributed by atoms with Crippen LogP contribution in [0.3, 0.4) is 0 Å². The Balaban J connectivity index is 1.74. The molecular weight excluding hydrogens is 318 g/mol. The number of amides is 1. The van der Waals surface area contributed by atoms with E-state index in [4.69, 9.17) is 4.42 Å². The number of nitrogens with one attached hydrogen (secondary N) is 1. The third-order valence-electron chi connectivity index (χ3n) is 3.88. The molecule has 0 bridgehead atoms.